The summed E-state index contributed by atoms with van der Waals surface area (Å²) in [5, 5.41) is 9.67. The van der Waals surface area contributed by atoms with Crippen molar-refractivity contribution in [3.63, 3.8) is 0 Å². The molecule has 1 fully saturated rings. The van der Waals surface area contributed by atoms with Crippen LogP contribution in [0.4, 0.5) is 0 Å². The van der Waals surface area contributed by atoms with Gasteiger partial charge in [0, 0.05) is 6.04 Å². The van der Waals surface area contributed by atoms with Gasteiger partial charge in [0.25, 0.3) is 0 Å². The van der Waals surface area contributed by atoms with Crippen molar-refractivity contribution in [1.29, 1.82) is 0 Å². The van der Waals surface area contributed by atoms with Crippen molar-refractivity contribution in [1.82, 2.24) is 5.73 Å². The van der Waals surface area contributed by atoms with Crippen LogP contribution < -0.4 is 5.73 Å². The Morgan fingerprint density at radius 2 is 1.64 bits per heavy atom. The fraction of sp³-hybridized carbons (Fsp3) is 1.00. The number of hydrogen-bond acceptors (Lipinski definition) is 1. The maximum Gasteiger partial charge on any atom is 0.0619 e. The molecule has 0 bridgehead atoms. The van der Waals surface area contributed by atoms with Crippen molar-refractivity contribution in [3.05, 3.63) is 0 Å². The molecule has 0 saturated heterocycles. The lowest BCUT2D eigenvalue weighted by atomic mass is 9.77. The van der Waals surface area contributed by atoms with E-state index in [0.717, 1.165) is 25.7 Å². The normalized spacial score (nSPS) is 33.8. The molecule has 1 aliphatic carbocycles. The summed E-state index contributed by atoms with van der Waals surface area (Å²) < 4.78 is 0. The van der Waals surface area contributed by atoms with Crippen LogP contribution in [0.3, 0.4) is 0 Å². The Balaban J connectivity index is 2.39. The van der Waals surface area contributed by atoms with Crippen LogP contribution in [-0.2, 0) is 0 Å². The van der Waals surface area contributed by atoms with Gasteiger partial charge in [-0.2, -0.15) is 0 Å². The summed E-state index contributed by atoms with van der Waals surface area (Å²) in [6.07, 6.45) is 3.98. The number of hydrogen-bond donors (Lipinski definition) is 1. The number of rotatable bonds is 1. The van der Waals surface area contributed by atoms with Gasteiger partial charge in [0.15, 0.2) is 0 Å². The zero-order valence-corrected chi connectivity index (χ0v) is 7.43. The molecular formula is C9H18NO. The Hall–Kier alpha value is -0.0800. The molecule has 65 valence electrons. The van der Waals surface area contributed by atoms with Crippen LogP contribution in [0.5, 0.6) is 0 Å². The van der Waals surface area contributed by atoms with E-state index >= 15 is 0 Å². The molecule has 1 radical (unpaired) electrons. The average molecular weight is 156 g/mol. The van der Waals surface area contributed by atoms with Crippen LogP contribution in [0.1, 0.15) is 39.5 Å². The topological polar surface area (TPSA) is 44.0 Å². The van der Waals surface area contributed by atoms with E-state index in [1.165, 1.54) is 0 Å². The van der Waals surface area contributed by atoms with Crippen molar-refractivity contribution in [2.24, 2.45) is 5.92 Å². The Bertz CT molecular complexity index is 120. The van der Waals surface area contributed by atoms with Crippen LogP contribution in [0.2, 0.25) is 0 Å². The highest BCUT2D eigenvalue weighted by molar-refractivity contribution is 4.83. The molecule has 0 spiro atoms. The van der Waals surface area contributed by atoms with Crippen molar-refractivity contribution in [2.45, 2.75) is 51.2 Å². The lowest BCUT2D eigenvalue weighted by molar-refractivity contribution is -0.00146. The van der Waals surface area contributed by atoms with Gasteiger partial charge in [0.05, 0.1) is 5.60 Å². The smallest absolute Gasteiger partial charge is 0.0619 e. The molecule has 11 heavy (non-hydrogen) atoms. The van der Waals surface area contributed by atoms with E-state index in [2.05, 4.69) is 0 Å². The van der Waals surface area contributed by atoms with Gasteiger partial charge in [-0.15, -0.1) is 0 Å². The quantitative estimate of drug-likeness (QED) is 0.615. The van der Waals surface area contributed by atoms with Gasteiger partial charge in [-0.05, 0) is 45.4 Å². The Labute approximate surface area is 68.8 Å². The summed E-state index contributed by atoms with van der Waals surface area (Å²) in [5.41, 5.74) is 6.96. The lowest BCUT2D eigenvalue weighted by Crippen LogP contribution is -2.35. The van der Waals surface area contributed by atoms with Crippen LogP contribution in [-0.4, -0.2) is 16.7 Å². The minimum Gasteiger partial charge on any atom is -0.390 e. The zero-order chi connectivity index (χ0) is 8.48. The summed E-state index contributed by atoms with van der Waals surface area (Å²) in [6.45, 7) is 3.75. The predicted molar refractivity (Wildman–Crippen MR) is 45.1 cm³/mol. The van der Waals surface area contributed by atoms with Gasteiger partial charge in [0.1, 0.15) is 0 Å². The van der Waals surface area contributed by atoms with Gasteiger partial charge < -0.3 is 5.11 Å². The number of nitrogens with one attached hydrogen (secondary N) is 1. The van der Waals surface area contributed by atoms with Crippen LogP contribution in [0.25, 0.3) is 0 Å². The highest BCUT2D eigenvalue weighted by atomic mass is 16.3. The molecule has 0 aromatic carbocycles. The first-order valence-corrected chi connectivity index (χ1v) is 4.43. The van der Waals surface area contributed by atoms with E-state index in [4.69, 9.17) is 5.73 Å². The molecule has 0 atom stereocenters. The van der Waals surface area contributed by atoms with E-state index < -0.39 is 5.60 Å². The first kappa shape index (κ1) is 9.01. The molecule has 0 unspecified atom stereocenters. The number of aliphatic hydroxyl groups is 1. The molecule has 0 amide bonds. The van der Waals surface area contributed by atoms with Crippen LogP contribution >= 0.6 is 0 Å². The second-order valence-corrected chi connectivity index (χ2v) is 4.20. The van der Waals surface area contributed by atoms with E-state index in [1.807, 2.05) is 13.8 Å². The minimum absolute atomic E-state index is 0.133. The first-order chi connectivity index (χ1) is 5.00. The van der Waals surface area contributed by atoms with E-state index in [-0.39, 0.29) is 6.04 Å². The Morgan fingerprint density at radius 3 is 2.00 bits per heavy atom. The standard InChI is InChI=1S/C9H18NO/c1-9(2,11)7-3-5-8(10)6-4-7/h7-8,10-11H,3-6H2,1-2H3. The van der Waals surface area contributed by atoms with Crippen molar-refractivity contribution in [2.75, 3.05) is 0 Å². The lowest BCUT2D eigenvalue weighted by Gasteiger charge is -2.34. The molecule has 1 saturated carbocycles. The maximum atomic E-state index is 9.67. The van der Waals surface area contributed by atoms with Crippen LogP contribution in [0.15, 0.2) is 0 Å². The summed E-state index contributed by atoms with van der Waals surface area (Å²) in [6, 6.07) is 0.133. The molecule has 0 aromatic rings. The maximum absolute atomic E-state index is 9.67. The summed E-state index contributed by atoms with van der Waals surface area (Å²) >= 11 is 0. The van der Waals surface area contributed by atoms with Gasteiger partial charge in [-0.1, -0.05) is 0 Å². The van der Waals surface area contributed by atoms with Crippen molar-refractivity contribution >= 4 is 0 Å². The first-order valence-electron chi connectivity index (χ1n) is 4.43. The zero-order valence-electron chi connectivity index (χ0n) is 7.43. The molecule has 2 heteroatoms. The van der Waals surface area contributed by atoms with Crippen molar-refractivity contribution < 1.29 is 5.11 Å². The van der Waals surface area contributed by atoms with Gasteiger partial charge in [-0.3, -0.25) is 5.73 Å². The van der Waals surface area contributed by atoms with Gasteiger partial charge in [-0.25, -0.2) is 0 Å². The van der Waals surface area contributed by atoms with Gasteiger partial charge in [0.2, 0.25) is 0 Å². The predicted octanol–water partition coefficient (Wildman–Crippen LogP) is 1.60. The molecule has 2 nitrogen and oxygen atoms in total. The van der Waals surface area contributed by atoms with E-state index in [0.29, 0.717) is 5.92 Å². The van der Waals surface area contributed by atoms with E-state index in [1.54, 1.807) is 0 Å². The van der Waals surface area contributed by atoms with E-state index in [9.17, 15) is 5.11 Å². The Kier molecular flexibility index (Phi) is 2.55. The van der Waals surface area contributed by atoms with Crippen molar-refractivity contribution in [3.8, 4) is 0 Å². The molecule has 1 rings (SSSR count). The summed E-state index contributed by atoms with van der Waals surface area (Å²) in [5.74, 6) is 0.420. The molecular weight excluding hydrogens is 138 g/mol. The average Bonchev–Trinajstić information content (AvgIpc) is 1.86. The Morgan fingerprint density at radius 1 is 1.18 bits per heavy atom. The minimum atomic E-state index is -0.528. The second-order valence-electron chi connectivity index (χ2n) is 4.20. The monoisotopic (exact) mass is 156 g/mol. The summed E-state index contributed by atoms with van der Waals surface area (Å²) in [7, 11) is 0. The highest BCUT2D eigenvalue weighted by Gasteiger charge is 2.30. The fourth-order valence-corrected chi connectivity index (χ4v) is 1.80. The fourth-order valence-electron chi connectivity index (χ4n) is 1.80. The van der Waals surface area contributed by atoms with Crippen LogP contribution in [0, 0.1) is 5.92 Å². The van der Waals surface area contributed by atoms with Gasteiger partial charge >= 0.3 is 0 Å². The molecule has 0 aliphatic heterocycles. The third kappa shape index (κ3) is 2.46. The molecule has 1 aliphatic rings. The second kappa shape index (κ2) is 3.11. The largest absolute Gasteiger partial charge is 0.390 e. The third-order valence-electron chi connectivity index (χ3n) is 2.73. The molecule has 0 heterocycles. The molecule has 2 N–H and O–H groups in total. The highest BCUT2D eigenvalue weighted by Crippen LogP contribution is 2.31. The summed E-state index contributed by atoms with van der Waals surface area (Å²) in [4.78, 5) is 0. The third-order valence-corrected chi connectivity index (χ3v) is 2.73. The SMILES string of the molecule is CC(C)(O)C1CCC([NH])CC1. The molecule has 0 aromatic heterocycles.